The van der Waals surface area contributed by atoms with Crippen LogP contribution in [0.5, 0.6) is 0 Å². The summed E-state index contributed by atoms with van der Waals surface area (Å²) < 4.78 is 0. The van der Waals surface area contributed by atoms with Crippen molar-refractivity contribution in [3.63, 3.8) is 0 Å². The van der Waals surface area contributed by atoms with E-state index in [0.29, 0.717) is 11.6 Å². The van der Waals surface area contributed by atoms with Crippen LogP contribution in [-0.4, -0.2) is 11.7 Å². The fraction of sp³-hybridized carbons (Fsp3) is 0.294. The van der Waals surface area contributed by atoms with Gasteiger partial charge in [-0.05, 0) is 42.2 Å². The molecule has 106 valence electrons. The molecule has 0 spiro atoms. The summed E-state index contributed by atoms with van der Waals surface area (Å²) in [6.07, 6.45) is -0.652. The second kappa shape index (κ2) is 6.40. The molecule has 0 saturated carbocycles. The normalized spacial score (nSPS) is 14.1. The van der Waals surface area contributed by atoms with Gasteiger partial charge in [0.2, 0.25) is 0 Å². The van der Waals surface area contributed by atoms with E-state index in [2.05, 4.69) is 0 Å². The standard InChI is InChI=1S/C17H20ClNO/c1-11-6-5-7-12(2)16(11)17(20)14(10-19)13-8-3-4-9-15(13)18/h3-9,14,17,20H,10,19H2,1-2H3. The van der Waals surface area contributed by atoms with E-state index in [1.165, 1.54) is 0 Å². The Bertz CT molecular complexity index is 577. The number of hydrogen-bond acceptors (Lipinski definition) is 2. The molecule has 2 nitrogen and oxygen atoms in total. The molecule has 0 aromatic heterocycles. The number of nitrogens with two attached hydrogens (primary N) is 1. The van der Waals surface area contributed by atoms with Gasteiger partial charge in [-0.3, -0.25) is 0 Å². The van der Waals surface area contributed by atoms with Gasteiger partial charge in [0.1, 0.15) is 0 Å². The van der Waals surface area contributed by atoms with Crippen molar-refractivity contribution in [3.8, 4) is 0 Å². The molecule has 0 bridgehead atoms. The Morgan fingerprint density at radius 3 is 2.20 bits per heavy atom. The van der Waals surface area contributed by atoms with Gasteiger partial charge in [-0.15, -0.1) is 0 Å². The maximum Gasteiger partial charge on any atom is 0.0876 e. The highest BCUT2D eigenvalue weighted by Gasteiger charge is 2.25. The van der Waals surface area contributed by atoms with Crippen molar-refractivity contribution in [1.29, 1.82) is 0 Å². The molecule has 0 aliphatic rings. The monoisotopic (exact) mass is 289 g/mol. The molecule has 20 heavy (non-hydrogen) atoms. The molecule has 2 aromatic carbocycles. The molecule has 3 N–H and O–H groups in total. The maximum atomic E-state index is 10.8. The summed E-state index contributed by atoms with van der Waals surface area (Å²) in [7, 11) is 0. The average Bonchev–Trinajstić information content (AvgIpc) is 2.41. The topological polar surface area (TPSA) is 46.2 Å². The number of aliphatic hydroxyl groups is 1. The van der Waals surface area contributed by atoms with Crippen molar-refractivity contribution < 1.29 is 5.11 Å². The molecule has 0 aliphatic carbocycles. The van der Waals surface area contributed by atoms with Crippen molar-refractivity contribution in [2.24, 2.45) is 5.73 Å². The highest BCUT2D eigenvalue weighted by atomic mass is 35.5. The first-order valence-electron chi connectivity index (χ1n) is 6.75. The van der Waals surface area contributed by atoms with E-state index < -0.39 is 6.10 Å². The first-order valence-corrected chi connectivity index (χ1v) is 7.12. The summed E-state index contributed by atoms with van der Waals surface area (Å²) >= 11 is 6.24. The molecule has 3 heteroatoms. The number of aryl methyl sites for hydroxylation is 2. The molecule has 2 atom stereocenters. The minimum atomic E-state index is -0.652. The van der Waals surface area contributed by atoms with Gasteiger partial charge in [-0.25, -0.2) is 0 Å². The smallest absolute Gasteiger partial charge is 0.0876 e. The van der Waals surface area contributed by atoms with E-state index in [4.69, 9.17) is 17.3 Å². The highest BCUT2D eigenvalue weighted by molar-refractivity contribution is 6.31. The largest absolute Gasteiger partial charge is 0.388 e. The second-order valence-electron chi connectivity index (χ2n) is 5.11. The maximum absolute atomic E-state index is 10.8. The molecular formula is C17H20ClNO. The fourth-order valence-corrected chi connectivity index (χ4v) is 2.97. The Kier molecular flexibility index (Phi) is 4.81. The summed E-state index contributed by atoms with van der Waals surface area (Å²) in [5.41, 5.74) is 9.88. The third kappa shape index (κ3) is 2.88. The van der Waals surface area contributed by atoms with Crippen LogP contribution in [0, 0.1) is 13.8 Å². The van der Waals surface area contributed by atoms with E-state index in [-0.39, 0.29) is 5.92 Å². The predicted octanol–water partition coefficient (Wildman–Crippen LogP) is 3.73. The van der Waals surface area contributed by atoms with Gasteiger partial charge < -0.3 is 10.8 Å². The van der Waals surface area contributed by atoms with E-state index in [1.54, 1.807) is 0 Å². The van der Waals surface area contributed by atoms with Gasteiger partial charge >= 0.3 is 0 Å². The SMILES string of the molecule is Cc1cccc(C)c1C(O)C(CN)c1ccccc1Cl. The molecule has 0 saturated heterocycles. The van der Waals surface area contributed by atoms with Crippen LogP contribution in [0.4, 0.5) is 0 Å². The molecule has 0 amide bonds. The van der Waals surface area contributed by atoms with E-state index in [1.807, 2.05) is 56.3 Å². The van der Waals surface area contributed by atoms with Crippen LogP contribution in [0.25, 0.3) is 0 Å². The first kappa shape index (κ1) is 15.0. The van der Waals surface area contributed by atoms with Gasteiger partial charge in [-0.2, -0.15) is 0 Å². The summed E-state index contributed by atoms with van der Waals surface area (Å²) in [4.78, 5) is 0. The molecule has 0 radical (unpaired) electrons. The zero-order valence-corrected chi connectivity index (χ0v) is 12.6. The van der Waals surface area contributed by atoms with Crippen LogP contribution >= 0.6 is 11.6 Å². The minimum absolute atomic E-state index is 0.205. The zero-order valence-electron chi connectivity index (χ0n) is 11.8. The van der Waals surface area contributed by atoms with Crippen LogP contribution in [0.1, 0.15) is 34.3 Å². The quantitative estimate of drug-likeness (QED) is 0.901. The lowest BCUT2D eigenvalue weighted by Crippen LogP contribution is -2.21. The Morgan fingerprint density at radius 1 is 1.05 bits per heavy atom. The lowest BCUT2D eigenvalue weighted by Gasteiger charge is -2.26. The molecular weight excluding hydrogens is 270 g/mol. The molecule has 0 aliphatic heterocycles. The molecule has 2 rings (SSSR count). The Labute approximate surface area is 125 Å². The van der Waals surface area contributed by atoms with Crippen molar-refractivity contribution in [3.05, 3.63) is 69.7 Å². The van der Waals surface area contributed by atoms with Crippen molar-refractivity contribution in [2.45, 2.75) is 25.9 Å². The Hall–Kier alpha value is -1.35. The van der Waals surface area contributed by atoms with Gasteiger partial charge in [0.25, 0.3) is 0 Å². The van der Waals surface area contributed by atoms with Crippen LogP contribution in [0.15, 0.2) is 42.5 Å². The van der Waals surface area contributed by atoms with Crippen molar-refractivity contribution in [2.75, 3.05) is 6.54 Å². The Morgan fingerprint density at radius 2 is 1.65 bits per heavy atom. The van der Waals surface area contributed by atoms with Crippen LogP contribution in [0.3, 0.4) is 0 Å². The predicted molar refractivity (Wildman–Crippen MR) is 84.1 cm³/mol. The summed E-state index contributed by atoms with van der Waals surface area (Å²) in [5, 5.41) is 11.4. The lowest BCUT2D eigenvalue weighted by atomic mass is 9.85. The summed E-state index contributed by atoms with van der Waals surface area (Å²) in [5.74, 6) is -0.205. The minimum Gasteiger partial charge on any atom is -0.388 e. The van der Waals surface area contributed by atoms with Crippen molar-refractivity contribution in [1.82, 2.24) is 0 Å². The first-order chi connectivity index (χ1) is 9.56. The van der Waals surface area contributed by atoms with Gasteiger partial charge in [-0.1, -0.05) is 48.0 Å². The van der Waals surface area contributed by atoms with Crippen molar-refractivity contribution >= 4 is 11.6 Å². The second-order valence-corrected chi connectivity index (χ2v) is 5.52. The van der Waals surface area contributed by atoms with E-state index in [0.717, 1.165) is 22.3 Å². The lowest BCUT2D eigenvalue weighted by molar-refractivity contribution is 0.146. The van der Waals surface area contributed by atoms with Crippen LogP contribution in [-0.2, 0) is 0 Å². The van der Waals surface area contributed by atoms with Crippen LogP contribution < -0.4 is 5.73 Å². The van der Waals surface area contributed by atoms with Gasteiger partial charge in [0.05, 0.1) is 6.10 Å². The van der Waals surface area contributed by atoms with Gasteiger partial charge in [0.15, 0.2) is 0 Å². The molecule has 2 aromatic rings. The number of aliphatic hydroxyl groups excluding tert-OH is 1. The third-order valence-electron chi connectivity index (χ3n) is 3.78. The third-order valence-corrected chi connectivity index (χ3v) is 4.12. The fourth-order valence-electron chi connectivity index (χ4n) is 2.70. The summed E-state index contributed by atoms with van der Waals surface area (Å²) in [6.45, 7) is 4.36. The van der Waals surface area contributed by atoms with Gasteiger partial charge in [0, 0.05) is 17.5 Å². The highest BCUT2D eigenvalue weighted by Crippen LogP contribution is 2.36. The zero-order chi connectivity index (χ0) is 14.7. The Balaban J connectivity index is 2.45. The molecule has 2 unspecified atom stereocenters. The number of rotatable bonds is 4. The number of hydrogen-bond donors (Lipinski definition) is 2. The van der Waals surface area contributed by atoms with E-state index in [9.17, 15) is 5.11 Å². The number of halogens is 1. The average molecular weight is 290 g/mol. The van der Waals surface area contributed by atoms with Crippen LogP contribution in [0.2, 0.25) is 5.02 Å². The van der Waals surface area contributed by atoms with E-state index >= 15 is 0 Å². The summed E-state index contributed by atoms with van der Waals surface area (Å²) in [6, 6.07) is 13.6. The molecule has 0 heterocycles. The molecule has 0 fully saturated rings. The number of benzene rings is 2.